The average Bonchev–Trinajstić information content (AvgIpc) is 2.21. The van der Waals surface area contributed by atoms with Crippen LogP contribution in [-0.2, 0) is 14.4 Å². The first kappa shape index (κ1) is 15.2. The topological polar surface area (TPSA) is 125 Å². The average molecular weight is 238 g/mol. The molecule has 0 heterocycles. The molecule has 0 amide bonds. The summed E-state index contributed by atoms with van der Waals surface area (Å²) in [7, 11) is 0. The summed E-state index contributed by atoms with van der Waals surface area (Å²) in [4.78, 5) is 15.4. The first-order valence-corrected chi connectivity index (χ1v) is 4.86. The number of unbranched alkanes of at least 4 members (excludes halogenated alkanes) is 1. The van der Waals surface area contributed by atoms with Gasteiger partial charge in [0, 0.05) is 0 Å². The minimum absolute atomic E-state index is 0.0903. The van der Waals surface area contributed by atoms with Crippen LogP contribution in [0.15, 0.2) is 0 Å². The van der Waals surface area contributed by atoms with Gasteiger partial charge in [0.1, 0.15) is 6.04 Å². The molecule has 2 unspecified atom stereocenters. The molecule has 0 aromatic heterocycles. The van der Waals surface area contributed by atoms with E-state index in [4.69, 9.17) is 26.0 Å². The number of hydrogen-bond acceptors (Lipinski definition) is 8. The number of hydrogen-bond donors (Lipinski definition) is 4. The number of carbonyl (C=O) groups excluding carboxylic acids is 1. The van der Waals surface area contributed by atoms with E-state index < -0.39 is 18.1 Å². The predicted octanol–water partition coefficient (Wildman–Crippen LogP) is -0.970. The smallest absolute Gasteiger partial charge is 0.325 e. The Morgan fingerprint density at radius 3 is 2.44 bits per heavy atom. The van der Waals surface area contributed by atoms with Crippen LogP contribution in [0.3, 0.4) is 0 Å². The fourth-order valence-corrected chi connectivity index (χ4v) is 0.816. The monoisotopic (exact) mass is 238 g/mol. The lowest BCUT2D eigenvalue weighted by Crippen LogP contribution is -2.41. The molecule has 0 aliphatic carbocycles. The van der Waals surface area contributed by atoms with E-state index in [1.165, 1.54) is 6.92 Å². The Kier molecular flexibility index (Phi) is 7.99. The van der Waals surface area contributed by atoms with Crippen molar-refractivity contribution >= 4 is 5.97 Å². The van der Waals surface area contributed by atoms with Gasteiger partial charge in [-0.3, -0.25) is 20.0 Å². The lowest BCUT2D eigenvalue weighted by Gasteiger charge is -2.13. The van der Waals surface area contributed by atoms with Gasteiger partial charge in [0.15, 0.2) is 0 Å². The Balaban J connectivity index is 3.41. The Morgan fingerprint density at radius 1 is 1.38 bits per heavy atom. The van der Waals surface area contributed by atoms with Crippen LogP contribution >= 0.6 is 0 Å². The van der Waals surface area contributed by atoms with Crippen LogP contribution < -0.4 is 5.73 Å². The van der Waals surface area contributed by atoms with Crippen molar-refractivity contribution in [1.82, 2.24) is 5.39 Å². The number of aliphatic hydroxyl groups excluding tert-OH is 1. The highest BCUT2D eigenvalue weighted by Crippen LogP contribution is 1.96. The summed E-state index contributed by atoms with van der Waals surface area (Å²) in [5.74, 6) is -0.665. The standard InChI is InChI=1S/C8H18N2O6/c1-6(11)7(9)8(12)15-4-2-3-5-16-10(13)14/h6-7,11,13-14H,2-5,9H2,1H3. The van der Waals surface area contributed by atoms with Crippen LogP contribution in [0.5, 0.6) is 0 Å². The third kappa shape index (κ3) is 7.51. The summed E-state index contributed by atoms with van der Waals surface area (Å²) >= 11 is 0. The third-order valence-electron chi connectivity index (χ3n) is 1.78. The van der Waals surface area contributed by atoms with E-state index >= 15 is 0 Å². The lowest BCUT2D eigenvalue weighted by atomic mass is 10.2. The summed E-state index contributed by atoms with van der Waals surface area (Å²) in [6.45, 7) is 1.63. The van der Waals surface area contributed by atoms with Crippen molar-refractivity contribution in [2.45, 2.75) is 31.9 Å². The maximum absolute atomic E-state index is 11.1. The fraction of sp³-hybridized carbons (Fsp3) is 0.875. The minimum atomic E-state index is -1.04. The number of carbonyl (C=O) groups is 1. The number of ether oxygens (including phenoxy) is 1. The largest absolute Gasteiger partial charge is 0.464 e. The van der Waals surface area contributed by atoms with Crippen molar-refractivity contribution in [1.29, 1.82) is 0 Å². The van der Waals surface area contributed by atoms with Crippen molar-refractivity contribution in [3.63, 3.8) is 0 Å². The molecule has 0 aliphatic heterocycles. The summed E-state index contributed by atoms with van der Waals surface area (Å²) in [6.07, 6.45) is 0.0224. The molecule has 8 nitrogen and oxygen atoms in total. The summed E-state index contributed by atoms with van der Waals surface area (Å²) in [6, 6.07) is -1.04. The molecule has 2 atom stereocenters. The van der Waals surface area contributed by atoms with Gasteiger partial charge in [-0.1, -0.05) is 0 Å². The van der Waals surface area contributed by atoms with Crippen LogP contribution in [0.1, 0.15) is 19.8 Å². The van der Waals surface area contributed by atoms with Gasteiger partial charge in [0.05, 0.1) is 24.7 Å². The van der Waals surface area contributed by atoms with Gasteiger partial charge in [-0.2, -0.15) is 0 Å². The van der Waals surface area contributed by atoms with Crippen molar-refractivity contribution in [3.05, 3.63) is 0 Å². The Morgan fingerprint density at radius 2 is 1.94 bits per heavy atom. The summed E-state index contributed by atoms with van der Waals surface area (Å²) in [5.41, 5.74) is 5.32. The number of esters is 1. The second-order valence-corrected chi connectivity index (χ2v) is 3.23. The molecule has 0 bridgehead atoms. The molecule has 0 rings (SSSR count). The van der Waals surface area contributed by atoms with E-state index in [1.54, 1.807) is 0 Å². The number of aliphatic hydroxyl groups is 1. The van der Waals surface area contributed by atoms with Crippen LogP contribution in [-0.4, -0.2) is 52.2 Å². The Bertz CT molecular complexity index is 199. The van der Waals surface area contributed by atoms with Gasteiger partial charge in [-0.05, 0) is 19.8 Å². The number of nitrogens with zero attached hydrogens (tertiary/aromatic N) is 1. The van der Waals surface area contributed by atoms with Crippen molar-refractivity contribution < 1.29 is 29.9 Å². The number of rotatable bonds is 8. The van der Waals surface area contributed by atoms with Gasteiger partial charge < -0.3 is 15.6 Å². The van der Waals surface area contributed by atoms with Gasteiger partial charge in [-0.25, -0.2) is 0 Å². The molecular formula is C8H18N2O6. The van der Waals surface area contributed by atoms with E-state index in [1.807, 2.05) is 0 Å². The van der Waals surface area contributed by atoms with Gasteiger partial charge in [-0.15, -0.1) is 0 Å². The molecule has 16 heavy (non-hydrogen) atoms. The Labute approximate surface area is 93.0 Å². The third-order valence-corrected chi connectivity index (χ3v) is 1.78. The van der Waals surface area contributed by atoms with Crippen LogP contribution in [0.4, 0.5) is 0 Å². The van der Waals surface area contributed by atoms with E-state index in [-0.39, 0.29) is 18.6 Å². The highest BCUT2D eigenvalue weighted by atomic mass is 17.1. The zero-order chi connectivity index (χ0) is 12.6. The molecule has 0 aromatic rings. The molecule has 0 fully saturated rings. The highest BCUT2D eigenvalue weighted by Gasteiger charge is 2.19. The van der Waals surface area contributed by atoms with Crippen LogP contribution in [0, 0.1) is 0 Å². The maximum Gasteiger partial charge on any atom is 0.325 e. The quantitative estimate of drug-likeness (QED) is 0.242. The Hall–Kier alpha value is -0.770. The molecule has 0 radical (unpaired) electrons. The second kappa shape index (κ2) is 8.39. The molecule has 0 aliphatic rings. The maximum atomic E-state index is 11.1. The van der Waals surface area contributed by atoms with Crippen molar-refractivity contribution in [2.75, 3.05) is 13.2 Å². The summed E-state index contributed by atoms with van der Waals surface area (Å²) < 4.78 is 4.75. The zero-order valence-electron chi connectivity index (χ0n) is 9.07. The van der Waals surface area contributed by atoms with Crippen molar-refractivity contribution in [2.24, 2.45) is 5.73 Å². The van der Waals surface area contributed by atoms with E-state index in [0.29, 0.717) is 12.8 Å². The van der Waals surface area contributed by atoms with Crippen LogP contribution in [0.2, 0.25) is 0 Å². The predicted molar refractivity (Wildman–Crippen MR) is 51.2 cm³/mol. The molecule has 0 aromatic carbocycles. The first-order chi connectivity index (χ1) is 7.45. The highest BCUT2D eigenvalue weighted by molar-refractivity contribution is 5.76. The van der Waals surface area contributed by atoms with E-state index in [2.05, 4.69) is 4.84 Å². The normalized spacial score (nSPS) is 14.9. The molecule has 96 valence electrons. The summed E-state index contributed by atoms with van der Waals surface area (Å²) in [5, 5.41) is 24.9. The molecule has 0 spiro atoms. The fourth-order valence-electron chi connectivity index (χ4n) is 0.816. The first-order valence-electron chi connectivity index (χ1n) is 4.86. The van der Waals surface area contributed by atoms with Crippen LogP contribution in [0.25, 0.3) is 0 Å². The van der Waals surface area contributed by atoms with E-state index in [9.17, 15) is 4.79 Å². The van der Waals surface area contributed by atoms with Crippen molar-refractivity contribution in [3.8, 4) is 0 Å². The molecule has 0 saturated carbocycles. The molecular weight excluding hydrogens is 220 g/mol. The molecule has 8 heteroatoms. The lowest BCUT2D eigenvalue weighted by molar-refractivity contribution is -0.492. The van der Waals surface area contributed by atoms with Gasteiger partial charge in [0.25, 0.3) is 0 Å². The number of nitrogens with two attached hydrogens (primary N) is 1. The SMILES string of the molecule is CC(O)C(N)C(=O)OCCCCON(O)O. The molecule has 5 N–H and O–H groups in total. The second-order valence-electron chi connectivity index (χ2n) is 3.23. The molecule has 0 saturated heterocycles. The van der Waals surface area contributed by atoms with Gasteiger partial charge in [0.2, 0.25) is 0 Å². The van der Waals surface area contributed by atoms with Gasteiger partial charge >= 0.3 is 5.97 Å². The van der Waals surface area contributed by atoms with E-state index in [0.717, 1.165) is 0 Å². The minimum Gasteiger partial charge on any atom is -0.464 e. The zero-order valence-corrected chi connectivity index (χ0v) is 9.07.